The van der Waals surface area contributed by atoms with Gasteiger partial charge in [0.15, 0.2) is 6.29 Å². The predicted molar refractivity (Wildman–Crippen MR) is 61.4 cm³/mol. The summed E-state index contributed by atoms with van der Waals surface area (Å²) in [5.74, 6) is 1.36. The molecule has 0 unspecified atom stereocenters. The van der Waals surface area contributed by atoms with Crippen molar-refractivity contribution in [2.45, 2.75) is 19.6 Å². The molecular weight excluding hydrogens is 204 g/mol. The van der Waals surface area contributed by atoms with E-state index in [1.807, 2.05) is 24.3 Å². The molecule has 0 bridgehead atoms. The number of ether oxygens (including phenoxy) is 3. The fourth-order valence-corrected chi connectivity index (χ4v) is 1.76. The van der Waals surface area contributed by atoms with Gasteiger partial charge in [-0.25, -0.2) is 0 Å². The van der Waals surface area contributed by atoms with Crippen LogP contribution in [0.5, 0.6) is 5.75 Å². The monoisotopic (exact) mass is 222 g/mol. The van der Waals surface area contributed by atoms with E-state index in [2.05, 4.69) is 6.92 Å². The highest BCUT2D eigenvalue weighted by molar-refractivity contribution is 5.29. The number of rotatable bonds is 3. The van der Waals surface area contributed by atoms with Crippen molar-refractivity contribution in [2.24, 2.45) is 5.92 Å². The summed E-state index contributed by atoms with van der Waals surface area (Å²) >= 11 is 0. The van der Waals surface area contributed by atoms with E-state index in [9.17, 15) is 0 Å². The predicted octanol–water partition coefficient (Wildman–Crippen LogP) is 2.77. The summed E-state index contributed by atoms with van der Waals surface area (Å²) < 4.78 is 16.6. The number of hydrogen-bond acceptors (Lipinski definition) is 3. The van der Waals surface area contributed by atoms with E-state index < -0.39 is 0 Å². The average Bonchev–Trinajstić information content (AvgIpc) is 2.39. The van der Waals surface area contributed by atoms with E-state index in [1.54, 1.807) is 7.11 Å². The van der Waals surface area contributed by atoms with Crippen molar-refractivity contribution >= 4 is 0 Å². The smallest absolute Gasteiger partial charge is 0.183 e. The van der Waals surface area contributed by atoms with Gasteiger partial charge in [-0.2, -0.15) is 0 Å². The molecule has 0 spiro atoms. The number of benzene rings is 1. The van der Waals surface area contributed by atoms with Gasteiger partial charge in [-0.3, -0.25) is 0 Å². The molecule has 1 aliphatic heterocycles. The highest BCUT2D eigenvalue weighted by atomic mass is 16.7. The normalized spacial score (nSPS) is 25.4. The van der Waals surface area contributed by atoms with Gasteiger partial charge >= 0.3 is 0 Å². The molecule has 0 N–H and O–H groups in total. The minimum absolute atomic E-state index is 0.238. The molecule has 1 saturated heterocycles. The highest BCUT2D eigenvalue weighted by Gasteiger charge is 2.22. The zero-order valence-electron chi connectivity index (χ0n) is 9.81. The molecule has 0 atom stereocenters. The van der Waals surface area contributed by atoms with Crippen molar-refractivity contribution in [1.29, 1.82) is 0 Å². The Hall–Kier alpha value is -1.06. The largest absolute Gasteiger partial charge is 0.497 e. The minimum Gasteiger partial charge on any atom is -0.497 e. The molecule has 88 valence electrons. The summed E-state index contributed by atoms with van der Waals surface area (Å²) in [7, 11) is 1.66. The third-order valence-corrected chi connectivity index (χ3v) is 2.91. The first-order valence-corrected chi connectivity index (χ1v) is 5.70. The van der Waals surface area contributed by atoms with E-state index in [-0.39, 0.29) is 6.29 Å². The van der Waals surface area contributed by atoms with Crippen LogP contribution in [0.3, 0.4) is 0 Å². The van der Waals surface area contributed by atoms with Crippen molar-refractivity contribution in [2.75, 3.05) is 20.3 Å². The maximum absolute atomic E-state index is 5.69. The summed E-state index contributed by atoms with van der Waals surface area (Å²) in [6.07, 6.45) is 0.864. The molecule has 0 amide bonds. The van der Waals surface area contributed by atoms with Crippen LogP contribution in [0.25, 0.3) is 0 Å². The van der Waals surface area contributed by atoms with Crippen molar-refractivity contribution in [3.8, 4) is 5.75 Å². The summed E-state index contributed by atoms with van der Waals surface area (Å²) in [5.41, 5.74) is 1.02. The lowest BCUT2D eigenvalue weighted by atomic mass is 10.1. The molecule has 2 rings (SSSR count). The quantitative estimate of drug-likeness (QED) is 0.787. The first-order valence-electron chi connectivity index (χ1n) is 5.70. The van der Waals surface area contributed by atoms with E-state index in [4.69, 9.17) is 14.2 Å². The van der Waals surface area contributed by atoms with Crippen LogP contribution in [-0.4, -0.2) is 20.3 Å². The molecule has 0 aromatic heterocycles. The van der Waals surface area contributed by atoms with Crippen molar-refractivity contribution in [3.63, 3.8) is 0 Å². The van der Waals surface area contributed by atoms with Crippen molar-refractivity contribution < 1.29 is 14.2 Å². The Balaban J connectivity index is 2.02. The molecule has 0 radical (unpaired) electrons. The molecule has 1 fully saturated rings. The fourth-order valence-electron chi connectivity index (χ4n) is 1.76. The van der Waals surface area contributed by atoms with Gasteiger partial charge in [0.1, 0.15) is 5.75 Å². The Morgan fingerprint density at radius 3 is 2.69 bits per heavy atom. The summed E-state index contributed by atoms with van der Waals surface area (Å²) in [4.78, 5) is 0. The third kappa shape index (κ3) is 2.54. The van der Waals surface area contributed by atoms with Crippen molar-refractivity contribution in [3.05, 3.63) is 29.8 Å². The molecule has 1 aromatic rings. The maximum Gasteiger partial charge on any atom is 0.183 e. The fraction of sp³-hybridized carbons (Fsp3) is 0.538. The second kappa shape index (κ2) is 5.32. The van der Waals surface area contributed by atoms with Crippen LogP contribution in [0.1, 0.15) is 25.2 Å². The molecule has 1 heterocycles. The van der Waals surface area contributed by atoms with Gasteiger partial charge in [0.25, 0.3) is 0 Å². The van der Waals surface area contributed by atoms with Crippen LogP contribution < -0.4 is 4.74 Å². The number of hydrogen-bond donors (Lipinski definition) is 0. The SMILES string of the molecule is CCC1COC(c2cccc(OC)c2)OC1. The lowest BCUT2D eigenvalue weighted by Crippen LogP contribution is -2.26. The lowest BCUT2D eigenvalue weighted by molar-refractivity contribution is -0.205. The first kappa shape index (κ1) is 11.4. The van der Waals surface area contributed by atoms with E-state index in [0.29, 0.717) is 5.92 Å². The second-order valence-corrected chi connectivity index (χ2v) is 4.05. The second-order valence-electron chi connectivity index (χ2n) is 4.05. The lowest BCUT2D eigenvalue weighted by Gasteiger charge is -2.29. The Morgan fingerprint density at radius 2 is 2.06 bits per heavy atom. The Bertz CT molecular complexity index is 330. The van der Waals surface area contributed by atoms with E-state index in [0.717, 1.165) is 30.9 Å². The van der Waals surface area contributed by atoms with Gasteiger partial charge in [-0.1, -0.05) is 19.1 Å². The summed E-state index contributed by atoms with van der Waals surface area (Å²) in [6, 6.07) is 7.82. The molecule has 3 nitrogen and oxygen atoms in total. The zero-order valence-corrected chi connectivity index (χ0v) is 9.81. The number of methoxy groups -OCH3 is 1. The minimum atomic E-state index is -0.238. The Morgan fingerprint density at radius 1 is 1.31 bits per heavy atom. The molecule has 1 aromatic carbocycles. The van der Waals surface area contributed by atoms with E-state index in [1.165, 1.54) is 0 Å². The standard InChI is InChI=1S/C13H18O3/c1-3-10-8-15-13(16-9-10)11-5-4-6-12(7-11)14-2/h4-7,10,13H,3,8-9H2,1-2H3. The summed E-state index contributed by atoms with van der Waals surface area (Å²) in [6.45, 7) is 3.71. The van der Waals surface area contributed by atoms with Crippen LogP contribution in [0.2, 0.25) is 0 Å². The van der Waals surface area contributed by atoms with Gasteiger partial charge in [0, 0.05) is 11.5 Å². The maximum atomic E-state index is 5.69. The van der Waals surface area contributed by atoms with Crippen LogP contribution in [0, 0.1) is 5.92 Å². The topological polar surface area (TPSA) is 27.7 Å². The average molecular weight is 222 g/mol. The van der Waals surface area contributed by atoms with Gasteiger partial charge < -0.3 is 14.2 Å². The molecule has 3 heteroatoms. The van der Waals surface area contributed by atoms with Crippen molar-refractivity contribution in [1.82, 2.24) is 0 Å². The van der Waals surface area contributed by atoms with Gasteiger partial charge in [0.05, 0.1) is 20.3 Å². The van der Waals surface area contributed by atoms with E-state index >= 15 is 0 Å². The van der Waals surface area contributed by atoms with Gasteiger partial charge in [-0.15, -0.1) is 0 Å². The Kier molecular flexibility index (Phi) is 3.80. The third-order valence-electron chi connectivity index (χ3n) is 2.91. The molecule has 1 aliphatic rings. The van der Waals surface area contributed by atoms with Crippen LogP contribution in [-0.2, 0) is 9.47 Å². The molecule has 0 saturated carbocycles. The van der Waals surface area contributed by atoms with Crippen LogP contribution in [0.4, 0.5) is 0 Å². The molecule has 16 heavy (non-hydrogen) atoms. The van der Waals surface area contributed by atoms with Gasteiger partial charge in [-0.05, 0) is 18.6 Å². The molecule has 0 aliphatic carbocycles. The first-order chi connectivity index (χ1) is 7.83. The van der Waals surface area contributed by atoms with Gasteiger partial charge in [0.2, 0.25) is 0 Å². The summed E-state index contributed by atoms with van der Waals surface area (Å²) in [5, 5.41) is 0. The van der Waals surface area contributed by atoms with Crippen LogP contribution in [0.15, 0.2) is 24.3 Å². The molecular formula is C13H18O3. The zero-order chi connectivity index (χ0) is 11.4. The van der Waals surface area contributed by atoms with Crippen LogP contribution >= 0.6 is 0 Å². The Labute approximate surface area is 96.3 Å². The highest BCUT2D eigenvalue weighted by Crippen LogP contribution is 2.28.